The number of methoxy groups -OCH3 is 1. The van der Waals surface area contributed by atoms with E-state index in [2.05, 4.69) is 26.3 Å². The van der Waals surface area contributed by atoms with E-state index in [9.17, 15) is 24.0 Å². The van der Waals surface area contributed by atoms with Crippen molar-refractivity contribution in [2.75, 3.05) is 32.1 Å². The predicted octanol–water partition coefficient (Wildman–Crippen LogP) is 7.45. The quantitative estimate of drug-likeness (QED) is 0.0793. The number of nitrogens with zero attached hydrogens (tertiary/aromatic N) is 1. The van der Waals surface area contributed by atoms with E-state index >= 15 is 0 Å². The molecule has 4 amide bonds. The molecule has 5 rings (SSSR count). The number of alkyl carbamates (subject to hydrolysis) is 1. The number of aromatic nitrogens is 1. The number of benzene rings is 2. The summed E-state index contributed by atoms with van der Waals surface area (Å²) in [6.07, 6.45) is 2.39. The summed E-state index contributed by atoms with van der Waals surface area (Å²) in [5, 5.41) is 13.4. The lowest BCUT2D eigenvalue weighted by atomic mass is 9.93. The summed E-state index contributed by atoms with van der Waals surface area (Å²) in [7, 11) is 1.21. The first-order valence-corrected chi connectivity index (χ1v) is 19.6. The molecule has 1 aliphatic heterocycles. The Kier molecular flexibility index (Phi) is 13.5. The van der Waals surface area contributed by atoms with Gasteiger partial charge in [0.2, 0.25) is 0 Å². The van der Waals surface area contributed by atoms with E-state index in [-0.39, 0.29) is 40.3 Å². The molecule has 0 radical (unpaired) electrons. The van der Waals surface area contributed by atoms with Crippen molar-refractivity contribution in [1.82, 2.24) is 20.9 Å². The number of pyridine rings is 1. The number of nitrogens with one attached hydrogen (secondary N) is 4. The zero-order valence-corrected chi connectivity index (χ0v) is 33.7. The number of ether oxygens (including phenoxy) is 3. The van der Waals surface area contributed by atoms with Crippen LogP contribution in [0.25, 0.3) is 21.6 Å². The number of hydrogen-bond acceptors (Lipinski definition) is 10. The first-order valence-electron chi connectivity index (χ1n) is 18.7. The third-order valence-electron chi connectivity index (χ3n) is 8.85. The Morgan fingerprint density at radius 2 is 1.62 bits per heavy atom. The van der Waals surface area contributed by atoms with Gasteiger partial charge >= 0.3 is 12.1 Å². The molecule has 2 aromatic carbocycles. The summed E-state index contributed by atoms with van der Waals surface area (Å²) in [6, 6.07) is 11.9. The topological polar surface area (TPSA) is 174 Å². The van der Waals surface area contributed by atoms with E-state index in [1.165, 1.54) is 24.5 Å². The summed E-state index contributed by atoms with van der Waals surface area (Å²) in [5.74, 6) is -1.72. The molecule has 4 aromatic rings. The average Bonchev–Trinajstić information content (AvgIpc) is 3.56. The van der Waals surface area contributed by atoms with Crippen LogP contribution in [0.3, 0.4) is 0 Å². The second kappa shape index (κ2) is 18.2. The molecule has 56 heavy (non-hydrogen) atoms. The van der Waals surface area contributed by atoms with E-state index in [4.69, 9.17) is 14.2 Å². The summed E-state index contributed by atoms with van der Waals surface area (Å²) in [6.45, 7) is 12.3. The third-order valence-corrected chi connectivity index (χ3v) is 9.84. The maximum Gasteiger partial charge on any atom is 0.407 e. The molecule has 1 aliphatic rings. The smallest absolute Gasteiger partial charge is 0.407 e. The number of esters is 1. The van der Waals surface area contributed by atoms with Crippen LogP contribution in [-0.4, -0.2) is 67.2 Å². The lowest BCUT2D eigenvalue weighted by Gasteiger charge is -2.21. The van der Waals surface area contributed by atoms with Crippen LogP contribution in [-0.2, 0) is 22.4 Å². The standard InChI is InChI=1S/C42H49N5O8S/c1-8-10-16-44-37(48)31-20-25(23-45-41(52)55-42(4,5)6)19-24(3)34(31)47-38(49)29-21-30-33(54-17-13-26-14-18-56-36(26)30)22-28(29)27-11-12-32(39(50)43-15-9-2)46-35(27)40(51)53-7/h11-12,14,18-22H,8-10,13,15-17,23H2,1-7H3,(H,43,50)(H,44,48)(H,45,52)(H,47,49). The Labute approximate surface area is 330 Å². The summed E-state index contributed by atoms with van der Waals surface area (Å²) >= 11 is 1.53. The van der Waals surface area contributed by atoms with E-state index < -0.39 is 35.4 Å². The number of carbonyl (C=O) groups excluding carboxylic acids is 5. The molecule has 0 bridgehead atoms. The molecule has 14 heteroatoms. The first kappa shape index (κ1) is 41.4. The Morgan fingerprint density at radius 1 is 0.857 bits per heavy atom. The number of rotatable bonds is 13. The van der Waals surface area contributed by atoms with E-state index in [1.54, 1.807) is 58.0 Å². The largest absolute Gasteiger partial charge is 0.493 e. The number of fused-ring (bicyclic) bond motifs is 3. The molecule has 13 nitrogen and oxygen atoms in total. The maximum atomic E-state index is 14.7. The Morgan fingerprint density at radius 3 is 2.34 bits per heavy atom. The number of hydrogen-bond donors (Lipinski definition) is 4. The molecule has 4 N–H and O–H groups in total. The Hall–Kier alpha value is -5.76. The molecular formula is C42H49N5O8S. The average molecular weight is 784 g/mol. The number of carbonyl (C=O) groups is 5. The molecule has 0 fully saturated rings. The van der Waals surface area contributed by atoms with E-state index in [0.29, 0.717) is 60.5 Å². The Balaban J connectivity index is 1.63. The minimum absolute atomic E-state index is 0.0124. The SMILES string of the molecule is CCCCNC(=O)c1cc(CNC(=O)OC(C)(C)C)cc(C)c1NC(=O)c1cc2c(cc1-c1ccc(C(=O)NCCC)nc1C(=O)OC)OCCc1ccsc1-2. The van der Waals surface area contributed by atoms with Gasteiger partial charge in [0.25, 0.3) is 17.7 Å². The van der Waals surface area contributed by atoms with Gasteiger partial charge in [0.1, 0.15) is 17.0 Å². The highest BCUT2D eigenvalue weighted by atomic mass is 32.1. The number of aryl methyl sites for hydroxylation is 1. The fourth-order valence-corrected chi connectivity index (χ4v) is 7.14. The van der Waals surface area contributed by atoms with Gasteiger partial charge in [-0.1, -0.05) is 26.3 Å². The van der Waals surface area contributed by atoms with E-state index in [0.717, 1.165) is 23.3 Å². The normalized spacial score (nSPS) is 11.9. The predicted molar refractivity (Wildman–Crippen MR) is 216 cm³/mol. The number of amides is 4. The van der Waals surface area contributed by atoms with Crippen LogP contribution in [0.1, 0.15) is 112 Å². The minimum Gasteiger partial charge on any atom is -0.493 e. The molecule has 0 saturated heterocycles. The van der Waals surface area contributed by atoms with Crippen LogP contribution in [0.2, 0.25) is 0 Å². The lowest BCUT2D eigenvalue weighted by molar-refractivity contribution is 0.0521. The molecule has 3 heterocycles. The molecule has 0 spiro atoms. The van der Waals surface area contributed by atoms with Crippen LogP contribution in [0.15, 0.2) is 47.8 Å². The van der Waals surface area contributed by atoms with Crippen molar-refractivity contribution in [1.29, 1.82) is 0 Å². The maximum absolute atomic E-state index is 14.7. The molecular weight excluding hydrogens is 735 g/mol. The van der Waals surface area contributed by atoms with Gasteiger partial charge < -0.3 is 35.5 Å². The first-order chi connectivity index (χ1) is 26.7. The van der Waals surface area contributed by atoms with Crippen LogP contribution in [0, 0.1) is 6.92 Å². The highest BCUT2D eigenvalue weighted by molar-refractivity contribution is 7.13. The molecule has 0 atom stereocenters. The van der Waals surface area contributed by atoms with Crippen molar-refractivity contribution in [2.24, 2.45) is 0 Å². The highest BCUT2D eigenvalue weighted by Crippen LogP contribution is 2.43. The number of thiophene rings is 1. The fourth-order valence-electron chi connectivity index (χ4n) is 6.16. The third kappa shape index (κ3) is 9.91. The van der Waals surface area contributed by atoms with Crippen molar-refractivity contribution in [3.05, 3.63) is 87.0 Å². The van der Waals surface area contributed by atoms with Gasteiger partial charge in [-0.15, -0.1) is 11.3 Å². The Bertz CT molecular complexity index is 2140. The van der Waals surface area contributed by atoms with E-state index in [1.807, 2.05) is 25.3 Å². The lowest BCUT2D eigenvalue weighted by Crippen LogP contribution is -2.32. The molecule has 0 aliphatic carbocycles. The molecule has 2 aromatic heterocycles. The molecule has 0 unspecified atom stereocenters. The van der Waals surface area contributed by atoms with Gasteiger partial charge in [-0.3, -0.25) is 14.4 Å². The van der Waals surface area contributed by atoms with Gasteiger partial charge in [-0.25, -0.2) is 14.6 Å². The number of anilines is 1. The molecule has 0 saturated carbocycles. The number of unbranched alkanes of at least 4 members (excludes halogenated alkanes) is 1. The second-order valence-electron chi connectivity index (χ2n) is 14.4. The van der Waals surface area contributed by atoms with Crippen molar-refractivity contribution >= 4 is 46.8 Å². The van der Waals surface area contributed by atoms with Crippen LogP contribution >= 0.6 is 11.3 Å². The van der Waals surface area contributed by atoms with Crippen molar-refractivity contribution in [3.8, 4) is 27.3 Å². The van der Waals surface area contributed by atoms with Gasteiger partial charge in [0, 0.05) is 53.2 Å². The molecule has 296 valence electrons. The monoisotopic (exact) mass is 783 g/mol. The highest BCUT2D eigenvalue weighted by Gasteiger charge is 2.28. The van der Waals surface area contributed by atoms with Gasteiger partial charge in [0.05, 0.1) is 25.0 Å². The van der Waals surface area contributed by atoms with Crippen LogP contribution < -0.4 is 26.0 Å². The van der Waals surface area contributed by atoms with Gasteiger partial charge in [0.15, 0.2) is 5.69 Å². The van der Waals surface area contributed by atoms with Crippen molar-refractivity contribution in [3.63, 3.8) is 0 Å². The minimum atomic E-state index is -0.801. The zero-order valence-electron chi connectivity index (χ0n) is 32.9. The van der Waals surface area contributed by atoms with Crippen LogP contribution in [0.5, 0.6) is 5.75 Å². The zero-order chi connectivity index (χ0) is 40.6. The summed E-state index contributed by atoms with van der Waals surface area (Å²) in [4.78, 5) is 72.5. The second-order valence-corrected chi connectivity index (χ2v) is 15.3. The fraction of sp³-hybridized carbons (Fsp3) is 0.381. The van der Waals surface area contributed by atoms with Crippen molar-refractivity contribution < 1.29 is 38.2 Å². The summed E-state index contributed by atoms with van der Waals surface area (Å²) in [5.41, 5.74) is 3.31. The van der Waals surface area contributed by atoms with Gasteiger partial charge in [-0.2, -0.15) is 0 Å². The summed E-state index contributed by atoms with van der Waals surface area (Å²) < 4.78 is 16.7. The van der Waals surface area contributed by atoms with Gasteiger partial charge in [-0.05, 0) is 99.0 Å². The van der Waals surface area contributed by atoms with Crippen LogP contribution in [0.4, 0.5) is 10.5 Å². The van der Waals surface area contributed by atoms with Crippen molar-refractivity contribution in [2.45, 2.75) is 79.4 Å².